The Morgan fingerprint density at radius 3 is 2.61 bits per heavy atom. The number of nitrogens with zero attached hydrogens (tertiary/aromatic N) is 2. The summed E-state index contributed by atoms with van der Waals surface area (Å²) in [5, 5.41) is 8.08. The SMILES string of the molecule is Fc1cccc(Cc2nnc(C=Cc3ccc(F)cc3Cl)o2)c1. The number of aromatic nitrogens is 2. The van der Waals surface area contributed by atoms with Crippen molar-refractivity contribution in [3.63, 3.8) is 0 Å². The van der Waals surface area contributed by atoms with Crippen molar-refractivity contribution in [2.75, 3.05) is 0 Å². The van der Waals surface area contributed by atoms with Crippen molar-refractivity contribution in [3.8, 4) is 0 Å². The Morgan fingerprint density at radius 2 is 1.83 bits per heavy atom. The molecule has 0 spiro atoms. The van der Waals surface area contributed by atoms with E-state index < -0.39 is 5.82 Å². The predicted molar refractivity (Wildman–Crippen MR) is 83.8 cm³/mol. The van der Waals surface area contributed by atoms with E-state index in [2.05, 4.69) is 10.2 Å². The van der Waals surface area contributed by atoms with Crippen molar-refractivity contribution in [1.29, 1.82) is 0 Å². The van der Waals surface area contributed by atoms with E-state index in [4.69, 9.17) is 16.0 Å². The Kier molecular flexibility index (Phi) is 4.48. The number of halogens is 3. The van der Waals surface area contributed by atoms with Crippen LogP contribution in [0.25, 0.3) is 12.2 Å². The molecule has 116 valence electrons. The van der Waals surface area contributed by atoms with Gasteiger partial charge in [0.1, 0.15) is 11.6 Å². The van der Waals surface area contributed by atoms with Crippen molar-refractivity contribution in [3.05, 3.63) is 82.0 Å². The molecule has 0 fully saturated rings. The van der Waals surface area contributed by atoms with E-state index in [1.54, 1.807) is 30.4 Å². The highest BCUT2D eigenvalue weighted by Gasteiger charge is 2.06. The van der Waals surface area contributed by atoms with Gasteiger partial charge in [0.25, 0.3) is 0 Å². The molecule has 0 N–H and O–H groups in total. The van der Waals surface area contributed by atoms with E-state index in [0.29, 0.717) is 22.9 Å². The maximum Gasteiger partial charge on any atom is 0.240 e. The molecule has 0 bridgehead atoms. The lowest BCUT2D eigenvalue weighted by Crippen LogP contribution is -1.89. The summed E-state index contributed by atoms with van der Waals surface area (Å²) in [4.78, 5) is 0. The summed E-state index contributed by atoms with van der Waals surface area (Å²) < 4.78 is 31.6. The number of hydrogen-bond acceptors (Lipinski definition) is 3. The third-order valence-corrected chi connectivity index (χ3v) is 3.42. The Bertz CT molecular complexity index is 861. The van der Waals surface area contributed by atoms with Crippen LogP contribution in [-0.4, -0.2) is 10.2 Å². The van der Waals surface area contributed by atoms with Crippen LogP contribution in [0.4, 0.5) is 8.78 Å². The molecule has 0 aliphatic carbocycles. The van der Waals surface area contributed by atoms with Crippen LogP contribution >= 0.6 is 11.6 Å². The van der Waals surface area contributed by atoms with Crippen LogP contribution in [0.1, 0.15) is 22.9 Å². The van der Waals surface area contributed by atoms with E-state index in [0.717, 1.165) is 5.56 Å². The molecule has 0 saturated heterocycles. The van der Waals surface area contributed by atoms with Crippen molar-refractivity contribution in [1.82, 2.24) is 10.2 Å². The van der Waals surface area contributed by atoms with Crippen LogP contribution in [0.15, 0.2) is 46.9 Å². The van der Waals surface area contributed by atoms with Gasteiger partial charge in [-0.25, -0.2) is 8.78 Å². The van der Waals surface area contributed by atoms with Gasteiger partial charge in [0.15, 0.2) is 0 Å². The lowest BCUT2D eigenvalue weighted by atomic mass is 10.1. The zero-order chi connectivity index (χ0) is 16.2. The molecule has 3 rings (SSSR count). The predicted octanol–water partition coefficient (Wildman–Crippen LogP) is 4.76. The molecular weight excluding hydrogens is 322 g/mol. The first-order valence-corrected chi connectivity index (χ1v) is 7.18. The van der Waals surface area contributed by atoms with Crippen LogP contribution < -0.4 is 0 Å². The quantitative estimate of drug-likeness (QED) is 0.691. The van der Waals surface area contributed by atoms with Gasteiger partial charge in [-0.2, -0.15) is 0 Å². The zero-order valence-electron chi connectivity index (χ0n) is 11.8. The highest BCUT2D eigenvalue weighted by atomic mass is 35.5. The molecule has 0 unspecified atom stereocenters. The molecule has 0 aliphatic rings. The van der Waals surface area contributed by atoms with E-state index in [1.165, 1.54) is 24.3 Å². The number of hydrogen-bond donors (Lipinski definition) is 0. The third kappa shape index (κ3) is 4.02. The molecule has 3 aromatic rings. The van der Waals surface area contributed by atoms with Crippen LogP contribution in [-0.2, 0) is 6.42 Å². The fraction of sp³-hybridized carbons (Fsp3) is 0.0588. The van der Waals surface area contributed by atoms with Gasteiger partial charge in [-0.3, -0.25) is 0 Å². The van der Waals surface area contributed by atoms with Gasteiger partial charge in [-0.05, 0) is 41.5 Å². The Balaban J connectivity index is 1.73. The highest BCUT2D eigenvalue weighted by molar-refractivity contribution is 6.32. The minimum absolute atomic E-state index is 0.289. The fourth-order valence-corrected chi connectivity index (χ4v) is 2.25. The molecule has 3 nitrogen and oxygen atoms in total. The monoisotopic (exact) mass is 332 g/mol. The molecule has 0 amide bonds. The Labute approximate surface area is 136 Å². The molecule has 0 radical (unpaired) electrons. The summed E-state index contributed by atoms with van der Waals surface area (Å²) in [6.45, 7) is 0. The summed E-state index contributed by atoms with van der Waals surface area (Å²) in [6, 6.07) is 10.3. The minimum Gasteiger partial charge on any atom is -0.421 e. The van der Waals surface area contributed by atoms with Crippen molar-refractivity contribution in [2.24, 2.45) is 0 Å². The summed E-state index contributed by atoms with van der Waals surface area (Å²) in [7, 11) is 0. The van der Waals surface area contributed by atoms with Gasteiger partial charge < -0.3 is 4.42 Å². The second kappa shape index (κ2) is 6.71. The largest absolute Gasteiger partial charge is 0.421 e. The Hall–Kier alpha value is -2.53. The van der Waals surface area contributed by atoms with Gasteiger partial charge in [0.2, 0.25) is 11.8 Å². The summed E-state index contributed by atoms with van der Waals surface area (Å²) in [5.41, 5.74) is 1.38. The van der Waals surface area contributed by atoms with E-state index >= 15 is 0 Å². The third-order valence-electron chi connectivity index (χ3n) is 3.09. The van der Waals surface area contributed by atoms with Gasteiger partial charge in [0.05, 0.1) is 11.4 Å². The van der Waals surface area contributed by atoms with Crippen LogP contribution in [0.2, 0.25) is 5.02 Å². The molecule has 0 saturated carbocycles. The molecule has 23 heavy (non-hydrogen) atoms. The van der Waals surface area contributed by atoms with Crippen LogP contribution in [0.5, 0.6) is 0 Å². The van der Waals surface area contributed by atoms with Gasteiger partial charge in [-0.15, -0.1) is 10.2 Å². The van der Waals surface area contributed by atoms with Crippen LogP contribution in [0.3, 0.4) is 0 Å². The minimum atomic E-state index is -0.401. The first-order chi connectivity index (χ1) is 11.1. The second-order valence-electron chi connectivity index (χ2n) is 4.84. The molecule has 0 aliphatic heterocycles. The number of rotatable bonds is 4. The molecule has 1 aromatic heterocycles. The Morgan fingerprint density at radius 1 is 1.00 bits per heavy atom. The molecular formula is C17H11ClF2N2O. The molecule has 2 aromatic carbocycles. The standard InChI is InChI=1S/C17H11ClF2N2O/c18-15-10-14(20)6-4-12(15)5-7-16-21-22-17(23-16)9-11-2-1-3-13(19)8-11/h1-8,10H,9H2. The van der Waals surface area contributed by atoms with Crippen molar-refractivity contribution < 1.29 is 13.2 Å². The second-order valence-corrected chi connectivity index (χ2v) is 5.25. The zero-order valence-corrected chi connectivity index (χ0v) is 12.6. The molecule has 1 heterocycles. The number of benzene rings is 2. The van der Waals surface area contributed by atoms with Gasteiger partial charge in [-0.1, -0.05) is 29.8 Å². The average Bonchev–Trinajstić information content (AvgIpc) is 2.94. The summed E-state index contributed by atoms with van der Waals surface area (Å²) in [6.07, 6.45) is 3.58. The van der Waals surface area contributed by atoms with E-state index in [1.807, 2.05) is 0 Å². The van der Waals surface area contributed by atoms with Crippen molar-refractivity contribution in [2.45, 2.75) is 6.42 Å². The average molecular weight is 333 g/mol. The first kappa shape index (κ1) is 15.4. The molecule has 0 atom stereocenters. The lowest BCUT2D eigenvalue weighted by Gasteiger charge is -1.97. The van der Waals surface area contributed by atoms with Crippen LogP contribution in [0, 0.1) is 11.6 Å². The van der Waals surface area contributed by atoms with Gasteiger partial charge >= 0.3 is 0 Å². The summed E-state index contributed by atoms with van der Waals surface area (Å²) in [5.74, 6) is -0.0485. The van der Waals surface area contributed by atoms with E-state index in [-0.39, 0.29) is 11.7 Å². The fourth-order valence-electron chi connectivity index (χ4n) is 2.02. The van der Waals surface area contributed by atoms with Crippen molar-refractivity contribution >= 4 is 23.8 Å². The maximum atomic E-state index is 13.1. The summed E-state index contributed by atoms with van der Waals surface area (Å²) >= 11 is 5.93. The smallest absolute Gasteiger partial charge is 0.240 e. The first-order valence-electron chi connectivity index (χ1n) is 6.80. The highest BCUT2D eigenvalue weighted by Crippen LogP contribution is 2.20. The lowest BCUT2D eigenvalue weighted by molar-refractivity contribution is 0.496. The normalized spacial score (nSPS) is 11.3. The van der Waals surface area contributed by atoms with Gasteiger partial charge in [0, 0.05) is 6.08 Å². The maximum absolute atomic E-state index is 13.1. The van der Waals surface area contributed by atoms with E-state index in [9.17, 15) is 8.78 Å². The molecule has 6 heteroatoms. The topological polar surface area (TPSA) is 38.9 Å².